The SMILES string of the molecule is Cc1cc(NC(=O)O[C@@H]2C[C@H](Oc3ccc(N=C(N)N)cc3N=C(N)N)[C@@H](CN=C(N)N)C[C@H]2CN=C(N)N)ccc1F. The van der Waals surface area contributed by atoms with Crippen molar-refractivity contribution < 1.29 is 18.7 Å². The maximum Gasteiger partial charge on any atom is 0.411 e. The van der Waals surface area contributed by atoms with Gasteiger partial charge < -0.3 is 55.3 Å². The number of rotatable bonds is 10. The second kappa shape index (κ2) is 14.4. The van der Waals surface area contributed by atoms with Gasteiger partial charge in [0.15, 0.2) is 23.8 Å². The van der Waals surface area contributed by atoms with E-state index in [1.165, 1.54) is 24.3 Å². The summed E-state index contributed by atoms with van der Waals surface area (Å²) in [5, 5.41) is 2.62. The van der Waals surface area contributed by atoms with Crippen LogP contribution in [0.1, 0.15) is 18.4 Å². The van der Waals surface area contributed by atoms with Crippen LogP contribution in [0.2, 0.25) is 0 Å². The molecule has 1 amide bonds. The zero-order valence-corrected chi connectivity index (χ0v) is 23.6. The van der Waals surface area contributed by atoms with Gasteiger partial charge in [-0.05, 0) is 55.3 Å². The molecule has 1 saturated carbocycles. The Labute approximate surface area is 247 Å². The third-order valence-corrected chi connectivity index (χ3v) is 6.53. The molecule has 0 spiro atoms. The number of nitrogens with two attached hydrogens (primary N) is 8. The van der Waals surface area contributed by atoms with Gasteiger partial charge in [0.25, 0.3) is 0 Å². The number of ether oxygens (including phenoxy) is 2. The highest BCUT2D eigenvalue weighted by Gasteiger charge is 2.41. The highest BCUT2D eigenvalue weighted by Crippen LogP contribution is 2.39. The lowest BCUT2D eigenvalue weighted by Crippen LogP contribution is -2.46. The second-order valence-electron chi connectivity index (χ2n) is 9.94. The van der Waals surface area contributed by atoms with Crippen LogP contribution < -0.4 is 55.9 Å². The first kappa shape index (κ1) is 32.0. The van der Waals surface area contributed by atoms with Crippen LogP contribution in [0.4, 0.5) is 26.2 Å². The number of halogens is 1. The molecule has 0 radical (unpaired) electrons. The quantitative estimate of drug-likeness (QED) is 0.128. The van der Waals surface area contributed by atoms with E-state index >= 15 is 0 Å². The molecule has 1 aliphatic carbocycles. The number of anilines is 1. The lowest BCUT2D eigenvalue weighted by Gasteiger charge is -2.40. The maximum absolute atomic E-state index is 13.7. The smallest absolute Gasteiger partial charge is 0.411 e. The minimum Gasteiger partial charge on any atom is -0.488 e. The van der Waals surface area contributed by atoms with Gasteiger partial charge in [-0.25, -0.2) is 19.2 Å². The van der Waals surface area contributed by atoms with E-state index in [2.05, 4.69) is 25.3 Å². The number of aryl methyl sites for hydroxylation is 1. The highest BCUT2D eigenvalue weighted by molar-refractivity contribution is 5.85. The molecule has 16 nitrogen and oxygen atoms in total. The number of hydrogen-bond donors (Lipinski definition) is 9. The average Bonchev–Trinajstić information content (AvgIpc) is 2.90. The van der Waals surface area contributed by atoms with Crippen molar-refractivity contribution in [3.8, 4) is 5.75 Å². The molecule has 0 aliphatic heterocycles. The predicted molar refractivity (Wildman–Crippen MR) is 164 cm³/mol. The van der Waals surface area contributed by atoms with Gasteiger partial charge in [-0.15, -0.1) is 0 Å². The molecule has 1 fully saturated rings. The van der Waals surface area contributed by atoms with Crippen LogP contribution in [-0.4, -0.2) is 55.2 Å². The summed E-state index contributed by atoms with van der Waals surface area (Å²) in [6.07, 6.45) is -1.45. The van der Waals surface area contributed by atoms with Gasteiger partial charge in [-0.3, -0.25) is 15.3 Å². The minimum atomic E-state index is -0.755. The van der Waals surface area contributed by atoms with E-state index in [-0.39, 0.29) is 60.9 Å². The number of hydrogen-bond acceptors (Lipinski definition) is 7. The summed E-state index contributed by atoms with van der Waals surface area (Å²) in [4.78, 5) is 29.4. The van der Waals surface area contributed by atoms with Gasteiger partial charge in [-0.1, -0.05) is 0 Å². The Kier molecular flexibility index (Phi) is 10.7. The lowest BCUT2D eigenvalue weighted by molar-refractivity contribution is -0.0229. The molecule has 232 valence electrons. The van der Waals surface area contributed by atoms with Crippen molar-refractivity contribution in [1.29, 1.82) is 0 Å². The van der Waals surface area contributed by atoms with Crippen molar-refractivity contribution in [2.75, 3.05) is 18.4 Å². The van der Waals surface area contributed by atoms with Gasteiger partial charge in [0.1, 0.15) is 29.5 Å². The van der Waals surface area contributed by atoms with Crippen molar-refractivity contribution in [3.63, 3.8) is 0 Å². The number of amides is 1. The standard InChI is InChI=1S/C26H38FN13O3/c1-12-6-15(2-4-17(12)27)39-26(41)43-21-9-20(13(10-36-22(28)29)7-14(21)11-37-23(30)31)42-19-5-3-16(38-24(32)33)8-18(19)40-25(34)35/h2-6,8,13-14,20-21H,7,9-11H2,1H3,(H,39,41)(H4,28,29,36)(H4,30,31,37)(H4,32,33,38)(H4,34,35,40)/t13-,14+,20+,21-/m1/s1. The third-order valence-electron chi connectivity index (χ3n) is 6.53. The van der Waals surface area contributed by atoms with Crippen LogP contribution in [0, 0.1) is 24.6 Å². The van der Waals surface area contributed by atoms with Crippen LogP contribution in [0.3, 0.4) is 0 Å². The minimum absolute atomic E-state index is 0.102. The molecule has 0 saturated heterocycles. The molecule has 0 heterocycles. The first-order valence-electron chi connectivity index (χ1n) is 13.1. The summed E-state index contributed by atoms with van der Waals surface area (Å²) in [5.74, 6) is -1.30. The number of nitrogens with zero attached hydrogens (tertiary/aromatic N) is 4. The molecule has 2 aromatic carbocycles. The fourth-order valence-electron chi connectivity index (χ4n) is 4.65. The third kappa shape index (κ3) is 9.83. The van der Waals surface area contributed by atoms with Gasteiger partial charge in [-0.2, -0.15) is 0 Å². The van der Waals surface area contributed by atoms with E-state index in [0.29, 0.717) is 29.1 Å². The van der Waals surface area contributed by atoms with E-state index < -0.39 is 24.1 Å². The monoisotopic (exact) mass is 599 g/mol. The Morgan fingerprint density at radius 1 is 0.837 bits per heavy atom. The predicted octanol–water partition coefficient (Wildman–Crippen LogP) is -0.118. The van der Waals surface area contributed by atoms with E-state index in [4.69, 9.17) is 55.3 Å². The van der Waals surface area contributed by atoms with Crippen LogP contribution in [0.5, 0.6) is 5.75 Å². The van der Waals surface area contributed by atoms with E-state index in [1.54, 1.807) is 19.1 Å². The molecule has 4 atom stereocenters. The molecule has 1 aliphatic rings. The van der Waals surface area contributed by atoms with Crippen molar-refractivity contribution >= 4 is 47.0 Å². The van der Waals surface area contributed by atoms with E-state index in [9.17, 15) is 9.18 Å². The van der Waals surface area contributed by atoms with Crippen LogP contribution in [0.25, 0.3) is 0 Å². The highest BCUT2D eigenvalue weighted by atomic mass is 19.1. The molecule has 0 aromatic heterocycles. The fraction of sp³-hybridized carbons (Fsp3) is 0.346. The Morgan fingerprint density at radius 2 is 1.47 bits per heavy atom. The molecule has 0 bridgehead atoms. The Bertz CT molecular complexity index is 1410. The number of benzene rings is 2. The second-order valence-corrected chi connectivity index (χ2v) is 9.94. The van der Waals surface area contributed by atoms with E-state index in [1.807, 2.05) is 0 Å². The largest absolute Gasteiger partial charge is 0.488 e. The molecular formula is C26H38FN13O3. The van der Waals surface area contributed by atoms with Crippen LogP contribution >= 0.6 is 0 Å². The lowest BCUT2D eigenvalue weighted by atomic mass is 9.77. The molecule has 17 heteroatoms. The molecule has 17 N–H and O–H groups in total. The Balaban J connectivity index is 1.94. The van der Waals surface area contributed by atoms with Crippen molar-refractivity contribution in [2.24, 2.45) is 77.7 Å². The van der Waals surface area contributed by atoms with Crippen molar-refractivity contribution in [1.82, 2.24) is 0 Å². The summed E-state index contributed by atoms with van der Waals surface area (Å²) in [6, 6.07) is 8.92. The Hall–Kier alpha value is -5.48. The number of carbonyl (C=O) groups is 1. The number of nitrogens with one attached hydrogen (secondary N) is 1. The van der Waals surface area contributed by atoms with Crippen LogP contribution in [-0.2, 0) is 4.74 Å². The summed E-state index contributed by atoms with van der Waals surface area (Å²) in [6.45, 7) is 1.94. The van der Waals surface area contributed by atoms with Gasteiger partial charge >= 0.3 is 6.09 Å². The molecule has 3 rings (SSSR count). The summed E-state index contributed by atoms with van der Waals surface area (Å²) >= 11 is 0. The first-order valence-corrected chi connectivity index (χ1v) is 13.1. The number of carbonyl (C=O) groups excluding carboxylic acids is 1. The number of guanidine groups is 4. The fourth-order valence-corrected chi connectivity index (χ4v) is 4.65. The van der Waals surface area contributed by atoms with E-state index in [0.717, 1.165) is 0 Å². The van der Waals surface area contributed by atoms with Gasteiger partial charge in [0.2, 0.25) is 0 Å². The molecule has 2 aromatic rings. The molecular weight excluding hydrogens is 561 g/mol. The summed E-state index contributed by atoms with van der Waals surface area (Å²) in [5.41, 5.74) is 46.1. The summed E-state index contributed by atoms with van der Waals surface area (Å²) in [7, 11) is 0. The maximum atomic E-state index is 13.7. The Morgan fingerprint density at radius 3 is 2.05 bits per heavy atom. The van der Waals surface area contributed by atoms with Gasteiger partial charge in [0.05, 0.1) is 5.69 Å². The average molecular weight is 600 g/mol. The molecule has 43 heavy (non-hydrogen) atoms. The van der Waals surface area contributed by atoms with Crippen molar-refractivity contribution in [2.45, 2.75) is 32.0 Å². The zero-order chi connectivity index (χ0) is 31.7. The molecule has 0 unspecified atom stereocenters. The first-order chi connectivity index (χ1) is 20.3. The summed E-state index contributed by atoms with van der Waals surface area (Å²) < 4.78 is 25.9. The van der Waals surface area contributed by atoms with Crippen molar-refractivity contribution in [3.05, 3.63) is 47.8 Å². The normalized spacial score (nSPS) is 19.3. The topological polar surface area (TPSA) is 305 Å². The van der Waals surface area contributed by atoms with Crippen LogP contribution in [0.15, 0.2) is 56.4 Å². The van der Waals surface area contributed by atoms with Gasteiger partial charge in [0, 0.05) is 37.0 Å². The number of aliphatic imine (C=N–C) groups is 4. The zero-order valence-electron chi connectivity index (χ0n) is 23.6.